The molecule has 0 fully saturated rings. The molecule has 0 bridgehead atoms. The molecular weight excluding hydrogens is 384 g/mol. The number of carbonyl (C=O) groups is 1. The van der Waals surface area contributed by atoms with E-state index >= 15 is 0 Å². The van der Waals surface area contributed by atoms with Gasteiger partial charge in [-0.1, -0.05) is 35.9 Å². The summed E-state index contributed by atoms with van der Waals surface area (Å²) in [6.45, 7) is 3.85. The molecule has 2 heterocycles. The van der Waals surface area contributed by atoms with Crippen LogP contribution in [0, 0.1) is 5.92 Å². The molecular formula is C19H19ClN4O2S. The van der Waals surface area contributed by atoms with Crippen LogP contribution in [0.25, 0.3) is 10.2 Å². The van der Waals surface area contributed by atoms with Crippen LogP contribution in [-0.4, -0.2) is 20.9 Å². The predicted octanol–water partition coefficient (Wildman–Crippen LogP) is 3.83. The van der Waals surface area contributed by atoms with E-state index in [2.05, 4.69) is 22.6 Å². The Bertz CT molecular complexity index is 1090. The number of aryl methyl sites for hydroxylation is 1. The van der Waals surface area contributed by atoms with E-state index in [1.807, 2.05) is 0 Å². The number of hydrogen-bond acceptors (Lipinski definition) is 5. The van der Waals surface area contributed by atoms with Crippen LogP contribution in [0.15, 0.2) is 29.1 Å². The van der Waals surface area contributed by atoms with Gasteiger partial charge in [-0.2, -0.15) is 4.68 Å². The number of aromatic nitrogens is 3. The van der Waals surface area contributed by atoms with Gasteiger partial charge in [0.25, 0.3) is 5.56 Å². The molecule has 0 radical (unpaired) electrons. The number of hydrogen-bond donors (Lipinski definition) is 1. The van der Waals surface area contributed by atoms with Gasteiger partial charge in [0, 0.05) is 4.88 Å². The van der Waals surface area contributed by atoms with Gasteiger partial charge in [-0.15, -0.1) is 16.4 Å². The molecule has 1 aromatic carbocycles. The standard InChI is InChI=1S/C19H19ClN4O2S/c1-10-7-8-12-15(9-10)27-18-16(12)19(26)24(23-22-18)11(2)17(25)21-14-6-4-3-5-13(14)20/h3-6,10-11H,7-9H2,1-2H3,(H,21,25)/t10-,11-/m1/s1. The van der Waals surface area contributed by atoms with Crippen molar-refractivity contribution >= 4 is 44.7 Å². The Labute approximate surface area is 165 Å². The minimum Gasteiger partial charge on any atom is -0.323 e. The summed E-state index contributed by atoms with van der Waals surface area (Å²) >= 11 is 7.64. The maximum atomic E-state index is 13.1. The highest BCUT2D eigenvalue weighted by molar-refractivity contribution is 7.18. The molecule has 1 N–H and O–H groups in total. The van der Waals surface area contributed by atoms with Gasteiger partial charge in [0.2, 0.25) is 5.91 Å². The van der Waals surface area contributed by atoms with Crippen molar-refractivity contribution in [3.8, 4) is 0 Å². The Morgan fingerprint density at radius 1 is 1.41 bits per heavy atom. The Morgan fingerprint density at radius 2 is 2.19 bits per heavy atom. The number of fused-ring (bicyclic) bond motifs is 3. The predicted molar refractivity (Wildman–Crippen MR) is 108 cm³/mol. The first-order chi connectivity index (χ1) is 13.0. The number of anilines is 1. The molecule has 3 aromatic rings. The van der Waals surface area contributed by atoms with Crippen LogP contribution in [0.1, 0.15) is 36.8 Å². The van der Waals surface area contributed by atoms with Crippen LogP contribution in [0.3, 0.4) is 0 Å². The normalized spacial score (nSPS) is 17.5. The molecule has 0 aliphatic heterocycles. The molecule has 0 saturated heterocycles. The summed E-state index contributed by atoms with van der Waals surface area (Å²) < 4.78 is 1.17. The number of amides is 1. The molecule has 1 aliphatic carbocycles. The molecule has 1 amide bonds. The Hall–Kier alpha value is -2.25. The molecule has 0 spiro atoms. The summed E-state index contributed by atoms with van der Waals surface area (Å²) in [4.78, 5) is 27.6. The van der Waals surface area contributed by atoms with E-state index in [-0.39, 0.29) is 11.5 Å². The summed E-state index contributed by atoms with van der Waals surface area (Å²) in [5.74, 6) is 0.248. The van der Waals surface area contributed by atoms with Crippen molar-refractivity contribution in [1.82, 2.24) is 15.0 Å². The highest BCUT2D eigenvalue weighted by Crippen LogP contribution is 2.35. The third-order valence-corrected chi connectivity index (χ3v) is 6.49. The fraction of sp³-hybridized carbons (Fsp3) is 0.368. The number of thiophene rings is 1. The lowest BCUT2D eigenvalue weighted by Gasteiger charge is -2.18. The molecule has 140 valence electrons. The van der Waals surface area contributed by atoms with Gasteiger partial charge in [-0.3, -0.25) is 9.59 Å². The molecule has 6 nitrogen and oxygen atoms in total. The number of rotatable bonds is 3. The third-order valence-electron chi connectivity index (χ3n) is 5.02. The minimum absolute atomic E-state index is 0.256. The Morgan fingerprint density at radius 3 is 2.96 bits per heavy atom. The zero-order valence-corrected chi connectivity index (χ0v) is 16.6. The number of benzene rings is 1. The van der Waals surface area contributed by atoms with Crippen molar-refractivity contribution in [2.45, 2.75) is 39.2 Å². The van der Waals surface area contributed by atoms with Gasteiger partial charge in [-0.25, -0.2) is 0 Å². The molecule has 0 saturated carbocycles. The molecule has 4 rings (SSSR count). The smallest absolute Gasteiger partial charge is 0.279 e. The summed E-state index contributed by atoms with van der Waals surface area (Å²) in [6.07, 6.45) is 2.90. The topological polar surface area (TPSA) is 76.9 Å². The first-order valence-electron chi connectivity index (χ1n) is 8.91. The number of nitrogens with zero attached hydrogens (tertiary/aromatic N) is 3. The van der Waals surface area contributed by atoms with Gasteiger partial charge < -0.3 is 5.32 Å². The molecule has 8 heteroatoms. The second-order valence-corrected chi connectivity index (χ2v) is 8.51. The molecule has 1 aliphatic rings. The van der Waals surface area contributed by atoms with E-state index in [0.717, 1.165) is 24.8 Å². The molecule has 2 aromatic heterocycles. The zero-order valence-electron chi connectivity index (χ0n) is 15.0. The van der Waals surface area contributed by atoms with Crippen LogP contribution in [0.2, 0.25) is 5.02 Å². The third kappa shape index (κ3) is 3.26. The van der Waals surface area contributed by atoms with Crippen molar-refractivity contribution < 1.29 is 4.79 Å². The number of para-hydroxylation sites is 1. The first kappa shape index (κ1) is 18.1. The van der Waals surface area contributed by atoms with Crippen molar-refractivity contribution in [1.29, 1.82) is 0 Å². The average Bonchev–Trinajstić information content (AvgIpc) is 3.01. The summed E-state index contributed by atoms with van der Waals surface area (Å²) in [5, 5.41) is 12.1. The van der Waals surface area contributed by atoms with Gasteiger partial charge in [0.15, 0.2) is 4.83 Å². The van der Waals surface area contributed by atoms with Crippen molar-refractivity contribution in [3.63, 3.8) is 0 Å². The molecule has 27 heavy (non-hydrogen) atoms. The van der Waals surface area contributed by atoms with E-state index in [0.29, 0.717) is 26.8 Å². The van der Waals surface area contributed by atoms with Crippen molar-refractivity contribution in [3.05, 3.63) is 50.1 Å². The van der Waals surface area contributed by atoms with Crippen molar-refractivity contribution in [2.75, 3.05) is 5.32 Å². The van der Waals surface area contributed by atoms with Crippen LogP contribution >= 0.6 is 22.9 Å². The van der Waals surface area contributed by atoms with Gasteiger partial charge in [0.05, 0.1) is 16.1 Å². The quantitative estimate of drug-likeness (QED) is 0.722. The Balaban J connectivity index is 1.69. The van der Waals surface area contributed by atoms with Gasteiger partial charge >= 0.3 is 0 Å². The summed E-state index contributed by atoms with van der Waals surface area (Å²) in [7, 11) is 0. The zero-order chi connectivity index (χ0) is 19.1. The number of nitrogens with one attached hydrogen (secondary N) is 1. The van der Waals surface area contributed by atoms with Crippen LogP contribution in [0.4, 0.5) is 5.69 Å². The van der Waals surface area contributed by atoms with E-state index in [9.17, 15) is 9.59 Å². The summed E-state index contributed by atoms with van der Waals surface area (Å²) in [5.41, 5.74) is 1.33. The second kappa shape index (κ2) is 7.05. The van der Waals surface area contributed by atoms with Crippen LogP contribution in [0.5, 0.6) is 0 Å². The SMILES string of the molecule is C[C@@H]1CCc2c(sc3nnn([C@H](C)C(=O)Nc4ccccc4Cl)c(=O)c23)C1. The van der Waals surface area contributed by atoms with Crippen LogP contribution < -0.4 is 10.9 Å². The second-order valence-electron chi connectivity index (χ2n) is 7.02. The number of carbonyl (C=O) groups excluding carboxylic acids is 1. The van der Waals surface area contributed by atoms with Gasteiger partial charge in [-0.05, 0) is 49.8 Å². The fourth-order valence-corrected chi connectivity index (χ4v) is 4.94. The molecule has 0 unspecified atom stereocenters. The van der Waals surface area contributed by atoms with Crippen molar-refractivity contribution in [2.24, 2.45) is 5.92 Å². The average molecular weight is 403 g/mol. The van der Waals surface area contributed by atoms with E-state index < -0.39 is 6.04 Å². The maximum Gasteiger partial charge on any atom is 0.279 e. The lowest BCUT2D eigenvalue weighted by Crippen LogP contribution is -2.34. The number of halogens is 1. The highest BCUT2D eigenvalue weighted by atomic mass is 35.5. The molecule has 2 atom stereocenters. The first-order valence-corrected chi connectivity index (χ1v) is 10.1. The minimum atomic E-state index is -0.802. The van der Waals surface area contributed by atoms with Gasteiger partial charge in [0.1, 0.15) is 6.04 Å². The fourth-order valence-electron chi connectivity index (χ4n) is 3.44. The van der Waals surface area contributed by atoms with Crippen LogP contribution in [-0.2, 0) is 17.6 Å². The largest absolute Gasteiger partial charge is 0.323 e. The lowest BCUT2D eigenvalue weighted by molar-refractivity contribution is -0.119. The Kier molecular flexibility index (Phi) is 4.74. The van der Waals surface area contributed by atoms with E-state index in [1.165, 1.54) is 9.56 Å². The monoisotopic (exact) mass is 402 g/mol. The lowest BCUT2D eigenvalue weighted by atomic mass is 9.89. The van der Waals surface area contributed by atoms with E-state index in [1.54, 1.807) is 42.5 Å². The summed E-state index contributed by atoms with van der Waals surface area (Å²) in [6, 6.07) is 6.16. The van der Waals surface area contributed by atoms with E-state index in [4.69, 9.17) is 11.6 Å². The highest BCUT2D eigenvalue weighted by Gasteiger charge is 2.26. The maximum absolute atomic E-state index is 13.1.